The predicted octanol–water partition coefficient (Wildman–Crippen LogP) is 4.48. The quantitative estimate of drug-likeness (QED) is 0.518. The molecular weight excluding hydrogens is 391 g/mol. The van der Waals surface area contributed by atoms with Gasteiger partial charge in [0, 0.05) is 19.4 Å². The largest absolute Gasteiger partial charge is 0.493 e. The molecule has 2 aromatic carbocycles. The second-order valence-corrected chi connectivity index (χ2v) is 6.43. The molecule has 2 aromatic rings. The average molecular weight is 415 g/mol. The van der Waals surface area contributed by atoms with E-state index in [-0.39, 0.29) is 18.6 Å². The minimum Gasteiger partial charge on any atom is -0.493 e. The topological polar surface area (TPSA) is 57.2 Å². The molecular formula is C20H24Cl2O5. The van der Waals surface area contributed by atoms with Gasteiger partial charge in [-0.2, -0.15) is 0 Å². The van der Waals surface area contributed by atoms with E-state index < -0.39 is 6.10 Å². The summed E-state index contributed by atoms with van der Waals surface area (Å²) in [5.41, 5.74) is 0. The molecule has 0 saturated heterocycles. The van der Waals surface area contributed by atoms with E-state index in [1.165, 1.54) is 0 Å². The molecule has 148 valence electrons. The van der Waals surface area contributed by atoms with Crippen molar-refractivity contribution >= 4 is 23.2 Å². The van der Waals surface area contributed by atoms with Crippen LogP contribution < -0.4 is 14.2 Å². The summed E-state index contributed by atoms with van der Waals surface area (Å²) < 4.78 is 22.1. The standard InChI is InChI=1S/C20H24Cl2O5/c1-24-20(13-22)10-11-25-16-2-6-18(7-3-16)27-19-8-4-17(5-9-19)26-14-15(23)12-21/h2-9,15,20,23H,10-14H2,1H3. The molecule has 0 aliphatic rings. The van der Waals surface area contributed by atoms with Crippen molar-refractivity contribution in [2.24, 2.45) is 0 Å². The van der Waals surface area contributed by atoms with Gasteiger partial charge in [-0.1, -0.05) is 0 Å². The maximum atomic E-state index is 9.39. The summed E-state index contributed by atoms with van der Waals surface area (Å²) in [5, 5.41) is 9.39. The number of rotatable bonds is 12. The summed E-state index contributed by atoms with van der Waals surface area (Å²) in [6, 6.07) is 14.5. The van der Waals surface area contributed by atoms with E-state index in [4.69, 9.17) is 42.1 Å². The first kappa shape index (κ1) is 21.6. The van der Waals surface area contributed by atoms with Crippen LogP contribution in [0.1, 0.15) is 6.42 Å². The van der Waals surface area contributed by atoms with E-state index in [9.17, 15) is 5.11 Å². The monoisotopic (exact) mass is 414 g/mol. The van der Waals surface area contributed by atoms with Gasteiger partial charge in [0.05, 0.1) is 18.6 Å². The van der Waals surface area contributed by atoms with E-state index in [1.807, 2.05) is 24.3 Å². The number of hydrogen-bond donors (Lipinski definition) is 1. The number of ether oxygens (including phenoxy) is 4. The summed E-state index contributed by atoms with van der Waals surface area (Å²) in [7, 11) is 1.64. The SMILES string of the molecule is COC(CCl)CCOc1ccc(Oc2ccc(OCC(O)CCl)cc2)cc1. The molecule has 1 N–H and O–H groups in total. The lowest BCUT2D eigenvalue weighted by Gasteiger charge is -2.13. The number of aliphatic hydroxyl groups excluding tert-OH is 1. The highest BCUT2D eigenvalue weighted by atomic mass is 35.5. The van der Waals surface area contributed by atoms with Crippen molar-refractivity contribution < 1.29 is 24.1 Å². The fourth-order valence-electron chi connectivity index (χ4n) is 2.15. The Hall–Kier alpha value is -1.66. The zero-order chi connectivity index (χ0) is 19.5. The smallest absolute Gasteiger partial charge is 0.127 e. The number of hydrogen-bond acceptors (Lipinski definition) is 5. The van der Waals surface area contributed by atoms with Gasteiger partial charge in [0.2, 0.25) is 0 Å². The van der Waals surface area contributed by atoms with Crippen molar-refractivity contribution in [3.05, 3.63) is 48.5 Å². The molecule has 7 heteroatoms. The highest BCUT2D eigenvalue weighted by Gasteiger charge is 2.06. The van der Waals surface area contributed by atoms with Gasteiger partial charge < -0.3 is 24.1 Å². The van der Waals surface area contributed by atoms with Gasteiger partial charge in [-0.3, -0.25) is 0 Å². The molecule has 0 bridgehead atoms. The highest BCUT2D eigenvalue weighted by molar-refractivity contribution is 6.18. The van der Waals surface area contributed by atoms with Crippen molar-refractivity contribution in [3.63, 3.8) is 0 Å². The van der Waals surface area contributed by atoms with E-state index in [0.717, 1.165) is 12.2 Å². The Bertz CT molecular complexity index is 644. The van der Waals surface area contributed by atoms with Crippen LogP contribution in [0.2, 0.25) is 0 Å². The van der Waals surface area contributed by atoms with Crippen molar-refractivity contribution in [1.82, 2.24) is 0 Å². The molecule has 27 heavy (non-hydrogen) atoms. The Morgan fingerprint density at radius 2 is 1.33 bits per heavy atom. The molecule has 0 heterocycles. The van der Waals surface area contributed by atoms with Gasteiger partial charge in [0.1, 0.15) is 35.7 Å². The molecule has 0 aliphatic heterocycles. The maximum Gasteiger partial charge on any atom is 0.127 e. The zero-order valence-electron chi connectivity index (χ0n) is 15.1. The molecule has 2 rings (SSSR count). The fraction of sp³-hybridized carbons (Fsp3) is 0.400. The summed E-state index contributed by atoms with van der Waals surface area (Å²) in [6.45, 7) is 0.687. The van der Waals surface area contributed by atoms with Crippen LogP contribution in [-0.4, -0.2) is 49.4 Å². The summed E-state index contributed by atoms with van der Waals surface area (Å²) >= 11 is 11.3. The maximum absolute atomic E-state index is 9.39. The molecule has 0 saturated carbocycles. The third kappa shape index (κ3) is 7.85. The minimum absolute atomic E-state index is 0.000534. The molecule has 0 aromatic heterocycles. The average Bonchev–Trinajstić information content (AvgIpc) is 2.71. The van der Waals surface area contributed by atoms with Crippen molar-refractivity contribution in [3.8, 4) is 23.0 Å². The van der Waals surface area contributed by atoms with Crippen LogP contribution in [0.4, 0.5) is 0 Å². The molecule has 2 atom stereocenters. The lowest BCUT2D eigenvalue weighted by Crippen LogP contribution is -2.18. The Morgan fingerprint density at radius 1 is 0.815 bits per heavy atom. The molecule has 0 spiro atoms. The predicted molar refractivity (Wildman–Crippen MR) is 107 cm³/mol. The molecule has 0 radical (unpaired) electrons. The molecule has 0 fully saturated rings. The van der Waals surface area contributed by atoms with E-state index in [1.54, 1.807) is 31.4 Å². The highest BCUT2D eigenvalue weighted by Crippen LogP contribution is 2.26. The van der Waals surface area contributed by atoms with Gasteiger partial charge in [-0.25, -0.2) is 0 Å². The third-order valence-electron chi connectivity index (χ3n) is 3.72. The number of halogens is 2. The van der Waals surface area contributed by atoms with E-state index in [2.05, 4.69) is 0 Å². The number of aliphatic hydroxyl groups is 1. The van der Waals surface area contributed by atoms with Gasteiger partial charge in [0.15, 0.2) is 0 Å². The first-order chi connectivity index (χ1) is 13.1. The van der Waals surface area contributed by atoms with Crippen LogP contribution >= 0.6 is 23.2 Å². The lowest BCUT2D eigenvalue weighted by atomic mass is 10.3. The minimum atomic E-state index is -0.682. The van der Waals surface area contributed by atoms with Crippen LogP contribution in [0.25, 0.3) is 0 Å². The number of methoxy groups -OCH3 is 1. The van der Waals surface area contributed by atoms with Crippen LogP contribution in [0.5, 0.6) is 23.0 Å². The Labute approximate surface area is 169 Å². The van der Waals surface area contributed by atoms with Crippen molar-refractivity contribution in [1.29, 1.82) is 0 Å². The zero-order valence-corrected chi connectivity index (χ0v) is 16.7. The first-order valence-electron chi connectivity index (χ1n) is 8.61. The summed E-state index contributed by atoms with van der Waals surface area (Å²) in [4.78, 5) is 0. The van der Waals surface area contributed by atoms with Gasteiger partial charge in [-0.15, -0.1) is 23.2 Å². The van der Waals surface area contributed by atoms with Crippen LogP contribution in [0.3, 0.4) is 0 Å². The fourth-order valence-corrected chi connectivity index (χ4v) is 2.52. The normalized spacial score (nSPS) is 13.0. The van der Waals surface area contributed by atoms with Gasteiger partial charge >= 0.3 is 0 Å². The molecule has 0 aliphatic carbocycles. The van der Waals surface area contributed by atoms with Gasteiger partial charge in [-0.05, 0) is 48.5 Å². The van der Waals surface area contributed by atoms with Crippen LogP contribution in [0, 0.1) is 0 Å². The van der Waals surface area contributed by atoms with E-state index in [0.29, 0.717) is 29.7 Å². The molecule has 0 amide bonds. The Morgan fingerprint density at radius 3 is 1.81 bits per heavy atom. The van der Waals surface area contributed by atoms with Crippen molar-refractivity contribution in [2.75, 3.05) is 32.1 Å². The first-order valence-corrected chi connectivity index (χ1v) is 9.68. The second-order valence-electron chi connectivity index (χ2n) is 5.81. The second kappa shape index (κ2) is 11.9. The van der Waals surface area contributed by atoms with Crippen molar-refractivity contribution in [2.45, 2.75) is 18.6 Å². The summed E-state index contributed by atoms with van der Waals surface area (Å²) in [6.07, 6.45) is 0.0484. The third-order valence-corrected chi connectivity index (χ3v) is 4.42. The molecule has 2 unspecified atom stereocenters. The number of alkyl halides is 2. The Balaban J connectivity index is 1.80. The van der Waals surface area contributed by atoms with E-state index >= 15 is 0 Å². The summed E-state index contributed by atoms with van der Waals surface area (Å²) in [5.74, 6) is 3.36. The van der Waals surface area contributed by atoms with Crippen LogP contribution in [-0.2, 0) is 4.74 Å². The molecule has 5 nitrogen and oxygen atoms in total. The van der Waals surface area contributed by atoms with Gasteiger partial charge in [0.25, 0.3) is 0 Å². The Kier molecular flexibility index (Phi) is 9.56. The lowest BCUT2D eigenvalue weighted by molar-refractivity contribution is 0.0980. The number of benzene rings is 2. The van der Waals surface area contributed by atoms with Crippen LogP contribution in [0.15, 0.2) is 48.5 Å².